The Kier molecular flexibility index (Phi) is 3.78. The zero-order valence-electron chi connectivity index (χ0n) is 11.4. The Morgan fingerprint density at radius 1 is 1.22 bits per heavy atom. The van der Waals surface area contributed by atoms with Crippen LogP contribution in [-0.2, 0) is 5.41 Å². The molecule has 100 valence electrons. The van der Waals surface area contributed by atoms with Gasteiger partial charge < -0.3 is 20.5 Å². The van der Waals surface area contributed by atoms with Crippen LogP contribution in [-0.4, -0.2) is 26.4 Å². The molecule has 0 saturated carbocycles. The van der Waals surface area contributed by atoms with Crippen LogP contribution in [0.3, 0.4) is 0 Å². The van der Waals surface area contributed by atoms with Gasteiger partial charge in [-0.25, -0.2) is 0 Å². The zero-order valence-corrected chi connectivity index (χ0v) is 11.4. The normalized spacial score (nSPS) is 14.7. The van der Waals surface area contributed by atoms with Crippen molar-refractivity contribution in [3.05, 3.63) is 23.3 Å². The molecule has 18 heavy (non-hydrogen) atoms. The van der Waals surface area contributed by atoms with Gasteiger partial charge >= 0.3 is 0 Å². The quantitative estimate of drug-likeness (QED) is 0.796. The summed E-state index contributed by atoms with van der Waals surface area (Å²) in [6.45, 7) is 9.10. The lowest BCUT2D eigenvalue weighted by Gasteiger charge is -2.29. The van der Waals surface area contributed by atoms with Gasteiger partial charge in [0.2, 0.25) is 0 Å². The molecule has 0 atom stereocenters. The van der Waals surface area contributed by atoms with Gasteiger partial charge in [-0.3, -0.25) is 0 Å². The molecule has 0 spiro atoms. The second-order valence-corrected chi connectivity index (χ2v) is 5.33. The van der Waals surface area contributed by atoms with Crippen LogP contribution in [0.2, 0.25) is 0 Å². The molecule has 1 aromatic carbocycles. The van der Waals surface area contributed by atoms with Gasteiger partial charge in [0.25, 0.3) is 0 Å². The molecular weight excluding hydrogens is 228 g/mol. The molecule has 1 heterocycles. The summed E-state index contributed by atoms with van der Waals surface area (Å²) in [7, 11) is 0. The molecule has 4 nitrogen and oxygen atoms in total. The van der Waals surface area contributed by atoms with Crippen LogP contribution >= 0.6 is 0 Å². The molecule has 0 saturated heterocycles. The third kappa shape index (κ3) is 2.60. The fourth-order valence-corrected chi connectivity index (χ4v) is 2.40. The Morgan fingerprint density at radius 2 is 1.83 bits per heavy atom. The SMILES string of the molecule is Cc1cc2c(cc1C(C)(C)CNCN)OCCO2. The van der Waals surface area contributed by atoms with Crippen LogP contribution in [0.25, 0.3) is 0 Å². The van der Waals surface area contributed by atoms with Gasteiger partial charge in [0.05, 0.1) is 0 Å². The van der Waals surface area contributed by atoms with E-state index in [0.29, 0.717) is 19.9 Å². The van der Waals surface area contributed by atoms with Crippen LogP contribution in [0.15, 0.2) is 12.1 Å². The number of fused-ring (bicyclic) bond motifs is 1. The van der Waals surface area contributed by atoms with Crippen molar-refractivity contribution in [2.45, 2.75) is 26.2 Å². The highest BCUT2D eigenvalue weighted by Crippen LogP contribution is 2.37. The first-order chi connectivity index (χ1) is 8.54. The molecule has 0 radical (unpaired) electrons. The minimum absolute atomic E-state index is 0.0132. The van der Waals surface area contributed by atoms with Crippen LogP contribution in [0.5, 0.6) is 11.5 Å². The zero-order chi connectivity index (χ0) is 13.2. The highest BCUT2D eigenvalue weighted by molar-refractivity contribution is 5.50. The molecule has 4 heteroatoms. The minimum Gasteiger partial charge on any atom is -0.486 e. The largest absolute Gasteiger partial charge is 0.486 e. The van der Waals surface area contributed by atoms with Gasteiger partial charge in [0, 0.05) is 18.6 Å². The molecule has 3 N–H and O–H groups in total. The fraction of sp³-hybridized carbons (Fsp3) is 0.571. The van der Waals surface area contributed by atoms with E-state index in [0.717, 1.165) is 18.0 Å². The average Bonchev–Trinajstić information content (AvgIpc) is 2.35. The average molecular weight is 250 g/mol. The molecule has 0 aromatic heterocycles. The highest BCUT2D eigenvalue weighted by atomic mass is 16.6. The van der Waals surface area contributed by atoms with Crippen molar-refractivity contribution in [1.82, 2.24) is 5.32 Å². The summed E-state index contributed by atoms with van der Waals surface area (Å²) in [5.74, 6) is 1.70. The van der Waals surface area contributed by atoms with Crippen molar-refractivity contribution < 1.29 is 9.47 Å². The van der Waals surface area contributed by atoms with Crippen LogP contribution in [0, 0.1) is 6.92 Å². The van der Waals surface area contributed by atoms with E-state index >= 15 is 0 Å². The molecule has 0 amide bonds. The van der Waals surface area contributed by atoms with E-state index < -0.39 is 0 Å². The van der Waals surface area contributed by atoms with Crippen molar-refractivity contribution in [2.75, 3.05) is 26.4 Å². The second kappa shape index (κ2) is 5.16. The Hall–Kier alpha value is -1.26. The Labute approximate surface area is 108 Å². The lowest BCUT2D eigenvalue weighted by atomic mass is 9.81. The third-order valence-corrected chi connectivity index (χ3v) is 3.33. The van der Waals surface area contributed by atoms with Gasteiger partial charge in [0.15, 0.2) is 11.5 Å². The van der Waals surface area contributed by atoms with Gasteiger partial charge in [0.1, 0.15) is 13.2 Å². The maximum absolute atomic E-state index is 5.65. The third-order valence-electron chi connectivity index (χ3n) is 3.33. The summed E-state index contributed by atoms with van der Waals surface area (Å²) >= 11 is 0. The van der Waals surface area contributed by atoms with Crippen LogP contribution < -0.4 is 20.5 Å². The van der Waals surface area contributed by atoms with E-state index in [-0.39, 0.29) is 5.41 Å². The molecule has 0 aliphatic carbocycles. The van der Waals surface area contributed by atoms with Crippen LogP contribution in [0.1, 0.15) is 25.0 Å². The van der Waals surface area contributed by atoms with Gasteiger partial charge in [-0.15, -0.1) is 0 Å². The molecule has 1 aliphatic rings. The van der Waals surface area contributed by atoms with Gasteiger partial charge in [-0.05, 0) is 30.2 Å². The lowest BCUT2D eigenvalue weighted by Crippen LogP contribution is -2.36. The number of benzene rings is 1. The van der Waals surface area contributed by atoms with E-state index in [4.69, 9.17) is 15.2 Å². The smallest absolute Gasteiger partial charge is 0.161 e. The maximum Gasteiger partial charge on any atom is 0.161 e. The Morgan fingerprint density at radius 3 is 2.44 bits per heavy atom. The highest BCUT2D eigenvalue weighted by Gasteiger charge is 2.25. The first-order valence-corrected chi connectivity index (χ1v) is 6.36. The van der Waals surface area contributed by atoms with E-state index in [2.05, 4.69) is 38.2 Å². The van der Waals surface area contributed by atoms with Crippen molar-refractivity contribution >= 4 is 0 Å². The molecule has 0 bridgehead atoms. The first-order valence-electron chi connectivity index (χ1n) is 6.36. The number of rotatable bonds is 4. The van der Waals surface area contributed by atoms with Crippen molar-refractivity contribution in [2.24, 2.45) is 5.73 Å². The summed E-state index contributed by atoms with van der Waals surface area (Å²) in [5, 5.41) is 3.20. The van der Waals surface area contributed by atoms with E-state index in [1.807, 2.05) is 0 Å². The molecule has 0 fully saturated rings. The van der Waals surface area contributed by atoms with E-state index in [1.54, 1.807) is 0 Å². The number of ether oxygens (including phenoxy) is 2. The van der Waals surface area contributed by atoms with Crippen molar-refractivity contribution in [1.29, 1.82) is 0 Å². The number of nitrogens with two attached hydrogens (primary N) is 1. The monoisotopic (exact) mass is 250 g/mol. The Balaban J connectivity index is 2.32. The molecule has 2 rings (SSSR count). The van der Waals surface area contributed by atoms with E-state index in [9.17, 15) is 0 Å². The molecule has 1 aliphatic heterocycles. The summed E-state index contributed by atoms with van der Waals surface area (Å²) in [6.07, 6.45) is 0. The van der Waals surface area contributed by atoms with Crippen molar-refractivity contribution in [3.8, 4) is 11.5 Å². The first kappa shape index (κ1) is 13.2. The number of aryl methyl sites for hydroxylation is 1. The van der Waals surface area contributed by atoms with Crippen molar-refractivity contribution in [3.63, 3.8) is 0 Å². The standard InChI is InChI=1S/C14H22N2O2/c1-10-6-12-13(18-5-4-17-12)7-11(10)14(2,3)8-16-9-15/h6-7,16H,4-5,8-9,15H2,1-3H3. The topological polar surface area (TPSA) is 56.5 Å². The molecular formula is C14H22N2O2. The maximum atomic E-state index is 5.65. The number of hydrogen-bond donors (Lipinski definition) is 2. The summed E-state index contributed by atoms with van der Waals surface area (Å²) in [6, 6.07) is 4.16. The molecule has 0 unspecified atom stereocenters. The Bertz CT molecular complexity index is 430. The van der Waals surface area contributed by atoms with Gasteiger partial charge in [-0.1, -0.05) is 13.8 Å². The minimum atomic E-state index is 0.0132. The predicted molar refractivity (Wildman–Crippen MR) is 72.3 cm³/mol. The second-order valence-electron chi connectivity index (χ2n) is 5.33. The number of hydrogen-bond acceptors (Lipinski definition) is 4. The predicted octanol–water partition coefficient (Wildman–Crippen LogP) is 1.55. The van der Waals surface area contributed by atoms with Crippen LogP contribution in [0.4, 0.5) is 0 Å². The summed E-state index contributed by atoms with van der Waals surface area (Å²) in [5.41, 5.74) is 8.02. The van der Waals surface area contributed by atoms with E-state index in [1.165, 1.54) is 11.1 Å². The number of nitrogens with one attached hydrogen (secondary N) is 1. The fourth-order valence-electron chi connectivity index (χ4n) is 2.40. The van der Waals surface area contributed by atoms with Gasteiger partial charge in [-0.2, -0.15) is 0 Å². The summed E-state index contributed by atoms with van der Waals surface area (Å²) in [4.78, 5) is 0. The lowest BCUT2D eigenvalue weighted by molar-refractivity contribution is 0.171. The molecule has 1 aromatic rings. The summed E-state index contributed by atoms with van der Waals surface area (Å²) < 4.78 is 11.2.